The molecule has 1 N–H and O–H groups in total. The molecule has 4 aromatic carbocycles. The first-order valence-electron chi connectivity index (χ1n) is 14.1. The van der Waals surface area contributed by atoms with Crippen molar-refractivity contribution in [1.29, 1.82) is 0 Å². The number of ether oxygens (including phenoxy) is 2. The standard InChI is InChI=1S/C33H31BrFN3O6S/c1-36-33(40)29(19-23-5-3-2-4-6-23)37(21-24-7-9-25(34)10-8-24)32(39)22-38(27-13-11-26(35)12-14-27)45(41,42)28-15-16-30-31(20-28)44-18-17-43-30/h2-16,20,29H,17-19,21-22H2,1H3,(H,36,40). The lowest BCUT2D eigenvalue weighted by Gasteiger charge is -2.33. The van der Waals surface area contributed by atoms with Crippen molar-refractivity contribution in [3.05, 3.63) is 118 Å². The van der Waals surface area contributed by atoms with Gasteiger partial charge >= 0.3 is 0 Å². The second kappa shape index (κ2) is 14.1. The number of hydrogen-bond acceptors (Lipinski definition) is 6. The second-order valence-corrected chi connectivity index (χ2v) is 13.0. The van der Waals surface area contributed by atoms with E-state index >= 15 is 0 Å². The zero-order valence-corrected chi connectivity index (χ0v) is 26.8. The van der Waals surface area contributed by atoms with Crippen LogP contribution in [0.25, 0.3) is 0 Å². The SMILES string of the molecule is CNC(=O)C(Cc1ccccc1)N(Cc1ccc(Br)cc1)C(=O)CN(c1ccc(F)cc1)S(=O)(=O)c1ccc2c(c1)OCCO2. The summed E-state index contributed by atoms with van der Waals surface area (Å²) in [6, 6.07) is 24.6. The summed E-state index contributed by atoms with van der Waals surface area (Å²) < 4.78 is 55.2. The maximum absolute atomic E-state index is 14.3. The fourth-order valence-corrected chi connectivity index (χ4v) is 6.65. The van der Waals surface area contributed by atoms with Gasteiger partial charge in [0.25, 0.3) is 10.0 Å². The van der Waals surface area contributed by atoms with Crippen molar-refractivity contribution in [1.82, 2.24) is 10.2 Å². The van der Waals surface area contributed by atoms with Crippen molar-refractivity contribution in [3.8, 4) is 11.5 Å². The molecule has 0 saturated carbocycles. The Bertz CT molecular complexity index is 1760. The zero-order valence-electron chi connectivity index (χ0n) is 24.4. The van der Waals surface area contributed by atoms with Gasteiger partial charge in [-0.05, 0) is 59.7 Å². The molecule has 1 aliphatic heterocycles. The van der Waals surface area contributed by atoms with E-state index < -0.39 is 40.2 Å². The number of carbonyl (C=O) groups is 2. The molecule has 0 fully saturated rings. The fraction of sp³-hybridized carbons (Fsp3) is 0.212. The van der Waals surface area contributed by atoms with Crippen LogP contribution < -0.4 is 19.1 Å². The normalized spacial score (nSPS) is 13.0. The first-order valence-corrected chi connectivity index (χ1v) is 16.4. The van der Waals surface area contributed by atoms with E-state index in [2.05, 4.69) is 21.2 Å². The highest BCUT2D eigenvalue weighted by atomic mass is 79.9. The quantitative estimate of drug-likeness (QED) is 0.238. The molecular weight excluding hydrogens is 665 g/mol. The lowest BCUT2D eigenvalue weighted by atomic mass is 10.0. The molecule has 1 atom stereocenters. The Balaban J connectivity index is 1.55. The minimum Gasteiger partial charge on any atom is -0.486 e. The van der Waals surface area contributed by atoms with E-state index in [0.717, 1.165) is 32.0 Å². The molecule has 0 bridgehead atoms. The second-order valence-electron chi connectivity index (χ2n) is 10.3. The number of fused-ring (bicyclic) bond motifs is 1. The van der Waals surface area contributed by atoms with Gasteiger partial charge in [-0.25, -0.2) is 12.8 Å². The van der Waals surface area contributed by atoms with Crippen LogP contribution in [-0.4, -0.2) is 58.0 Å². The summed E-state index contributed by atoms with van der Waals surface area (Å²) in [5.74, 6) is -0.951. The first kappa shape index (κ1) is 32.0. The number of nitrogens with zero attached hydrogens (tertiary/aromatic N) is 2. The largest absolute Gasteiger partial charge is 0.486 e. The van der Waals surface area contributed by atoms with Crippen molar-refractivity contribution >= 4 is 43.5 Å². The molecule has 9 nitrogen and oxygen atoms in total. The maximum Gasteiger partial charge on any atom is 0.264 e. The molecule has 1 heterocycles. The van der Waals surface area contributed by atoms with Gasteiger partial charge in [0.2, 0.25) is 11.8 Å². The fourth-order valence-electron chi connectivity index (χ4n) is 4.95. The van der Waals surface area contributed by atoms with Gasteiger partial charge in [0.15, 0.2) is 11.5 Å². The van der Waals surface area contributed by atoms with Crippen LogP contribution in [0.4, 0.5) is 10.1 Å². The zero-order chi connectivity index (χ0) is 32.0. The summed E-state index contributed by atoms with van der Waals surface area (Å²) in [4.78, 5) is 28.9. The van der Waals surface area contributed by atoms with Crippen LogP contribution >= 0.6 is 15.9 Å². The summed E-state index contributed by atoms with van der Waals surface area (Å²) in [7, 11) is -2.91. The van der Waals surface area contributed by atoms with Gasteiger partial charge in [-0.3, -0.25) is 13.9 Å². The number of nitrogens with one attached hydrogen (secondary N) is 1. The van der Waals surface area contributed by atoms with Gasteiger partial charge in [0.05, 0.1) is 10.6 Å². The Morgan fingerprint density at radius 2 is 1.56 bits per heavy atom. The number of sulfonamides is 1. The van der Waals surface area contributed by atoms with Gasteiger partial charge in [-0.2, -0.15) is 0 Å². The van der Waals surface area contributed by atoms with Crippen LogP contribution in [0.3, 0.4) is 0 Å². The average molecular weight is 697 g/mol. The molecule has 1 unspecified atom stereocenters. The predicted octanol–water partition coefficient (Wildman–Crippen LogP) is 4.94. The number of carbonyl (C=O) groups excluding carboxylic acids is 2. The first-order chi connectivity index (χ1) is 21.7. The van der Waals surface area contributed by atoms with Gasteiger partial charge in [0.1, 0.15) is 31.6 Å². The van der Waals surface area contributed by atoms with E-state index in [-0.39, 0.29) is 35.9 Å². The van der Waals surface area contributed by atoms with E-state index in [1.54, 1.807) is 0 Å². The number of anilines is 1. The molecule has 0 aromatic heterocycles. The van der Waals surface area contributed by atoms with E-state index in [1.807, 2.05) is 54.6 Å². The summed E-state index contributed by atoms with van der Waals surface area (Å²) in [6.07, 6.45) is 0.189. The van der Waals surface area contributed by atoms with Gasteiger partial charge in [-0.15, -0.1) is 0 Å². The van der Waals surface area contributed by atoms with Crippen molar-refractivity contribution in [2.75, 3.05) is 31.1 Å². The van der Waals surface area contributed by atoms with E-state index in [4.69, 9.17) is 9.47 Å². The smallest absolute Gasteiger partial charge is 0.264 e. The molecule has 1 aliphatic rings. The number of amides is 2. The monoisotopic (exact) mass is 695 g/mol. The van der Waals surface area contributed by atoms with Crippen LogP contribution in [0.2, 0.25) is 0 Å². The Morgan fingerprint density at radius 1 is 0.889 bits per heavy atom. The van der Waals surface area contributed by atoms with Crippen LogP contribution in [0.5, 0.6) is 11.5 Å². The van der Waals surface area contributed by atoms with Gasteiger partial charge < -0.3 is 19.7 Å². The summed E-state index contributed by atoms with van der Waals surface area (Å²) in [5, 5.41) is 2.65. The Hall–Kier alpha value is -4.42. The number of hydrogen-bond donors (Lipinski definition) is 1. The molecular formula is C33H31BrFN3O6S. The lowest BCUT2D eigenvalue weighted by molar-refractivity contribution is -0.139. The lowest BCUT2D eigenvalue weighted by Crippen LogP contribution is -2.53. The predicted molar refractivity (Wildman–Crippen MR) is 171 cm³/mol. The summed E-state index contributed by atoms with van der Waals surface area (Å²) in [6.45, 7) is -0.0530. The van der Waals surface area contributed by atoms with Crippen molar-refractivity contribution in [3.63, 3.8) is 0 Å². The highest BCUT2D eigenvalue weighted by Gasteiger charge is 2.35. The number of halogens is 2. The molecule has 0 spiro atoms. The average Bonchev–Trinajstić information content (AvgIpc) is 3.06. The maximum atomic E-state index is 14.3. The van der Waals surface area contributed by atoms with Crippen LogP contribution in [0, 0.1) is 5.82 Å². The number of rotatable bonds is 11. The van der Waals surface area contributed by atoms with E-state index in [9.17, 15) is 22.4 Å². The Labute approximate surface area is 269 Å². The molecule has 0 saturated heterocycles. The third-order valence-corrected chi connectivity index (χ3v) is 9.58. The van der Waals surface area contributed by atoms with Crippen LogP contribution in [0.1, 0.15) is 11.1 Å². The summed E-state index contributed by atoms with van der Waals surface area (Å²) in [5.41, 5.74) is 1.62. The molecule has 0 aliphatic carbocycles. The van der Waals surface area contributed by atoms with E-state index in [1.165, 1.54) is 42.3 Å². The number of benzene rings is 4. The summed E-state index contributed by atoms with van der Waals surface area (Å²) >= 11 is 3.42. The number of likely N-dealkylation sites (N-methyl/N-ethyl adjacent to an activating group) is 1. The minimum absolute atomic E-state index is 0.0262. The molecule has 4 aromatic rings. The van der Waals surface area contributed by atoms with Crippen LogP contribution in [-0.2, 0) is 32.6 Å². The molecule has 234 valence electrons. The third kappa shape index (κ3) is 7.63. The van der Waals surface area contributed by atoms with Gasteiger partial charge in [-0.1, -0.05) is 58.4 Å². The highest BCUT2D eigenvalue weighted by molar-refractivity contribution is 9.10. The van der Waals surface area contributed by atoms with E-state index in [0.29, 0.717) is 12.4 Å². The minimum atomic E-state index is -4.40. The molecule has 0 radical (unpaired) electrons. The molecule has 5 rings (SSSR count). The molecule has 12 heteroatoms. The molecule has 45 heavy (non-hydrogen) atoms. The third-order valence-electron chi connectivity index (χ3n) is 7.28. The highest BCUT2D eigenvalue weighted by Crippen LogP contribution is 2.34. The van der Waals surface area contributed by atoms with Crippen molar-refractivity contribution < 1.29 is 31.9 Å². The Kier molecular flexibility index (Phi) is 10.0. The Morgan fingerprint density at radius 3 is 2.22 bits per heavy atom. The van der Waals surface area contributed by atoms with Gasteiger partial charge in [0, 0.05) is 30.6 Å². The van der Waals surface area contributed by atoms with Crippen molar-refractivity contribution in [2.45, 2.75) is 23.9 Å². The van der Waals surface area contributed by atoms with Crippen LogP contribution in [0.15, 0.2) is 106 Å². The van der Waals surface area contributed by atoms with Crippen molar-refractivity contribution in [2.24, 2.45) is 0 Å². The topological polar surface area (TPSA) is 105 Å². The molecule has 2 amide bonds.